The molecule has 0 spiro atoms. The van der Waals surface area contributed by atoms with Gasteiger partial charge in [0.25, 0.3) is 0 Å². The second-order valence-electron chi connectivity index (χ2n) is 6.42. The van der Waals surface area contributed by atoms with E-state index in [-0.39, 0.29) is 29.0 Å². The third-order valence-corrected chi connectivity index (χ3v) is 7.91. The van der Waals surface area contributed by atoms with Crippen molar-refractivity contribution >= 4 is 25.7 Å². The van der Waals surface area contributed by atoms with Gasteiger partial charge in [0.15, 0.2) is 0 Å². The van der Waals surface area contributed by atoms with Crippen LogP contribution in [0, 0.1) is 0 Å². The van der Waals surface area contributed by atoms with Gasteiger partial charge in [0.1, 0.15) is 10.6 Å². The third-order valence-electron chi connectivity index (χ3n) is 4.60. The van der Waals surface area contributed by atoms with Gasteiger partial charge >= 0.3 is 0 Å². The van der Waals surface area contributed by atoms with Gasteiger partial charge in [0, 0.05) is 19.7 Å². The minimum atomic E-state index is -3.87. The molecule has 8 nitrogen and oxygen atoms in total. The number of methoxy groups -OCH3 is 1. The van der Waals surface area contributed by atoms with Crippen LogP contribution in [0.15, 0.2) is 23.1 Å². The zero-order valence-corrected chi connectivity index (χ0v) is 16.3. The Morgan fingerprint density at radius 3 is 2.77 bits per heavy atom. The van der Waals surface area contributed by atoms with E-state index in [2.05, 4.69) is 4.72 Å². The molecule has 1 N–H and O–H groups in total. The van der Waals surface area contributed by atoms with Gasteiger partial charge in [-0.15, -0.1) is 0 Å². The highest BCUT2D eigenvalue weighted by molar-refractivity contribution is 7.92. The van der Waals surface area contributed by atoms with Crippen molar-refractivity contribution in [1.29, 1.82) is 0 Å². The third kappa shape index (κ3) is 4.13. The predicted molar refractivity (Wildman–Crippen MR) is 97.5 cm³/mol. The molecule has 1 aromatic carbocycles. The topological polar surface area (TPSA) is 102 Å². The summed E-state index contributed by atoms with van der Waals surface area (Å²) in [6, 6.07) is 4.42. The summed E-state index contributed by atoms with van der Waals surface area (Å²) in [6.07, 6.45) is 2.94. The van der Waals surface area contributed by atoms with E-state index in [9.17, 15) is 16.8 Å². The average Bonchev–Trinajstić information content (AvgIpc) is 3.13. The second kappa shape index (κ2) is 7.71. The number of hydrogen-bond acceptors (Lipinski definition) is 6. The number of sulfonamides is 2. The van der Waals surface area contributed by atoms with Crippen LogP contribution in [0.25, 0.3) is 0 Å². The highest BCUT2D eigenvalue weighted by atomic mass is 32.2. The lowest BCUT2D eigenvalue weighted by Crippen LogP contribution is -2.38. The summed E-state index contributed by atoms with van der Waals surface area (Å²) >= 11 is 0. The summed E-state index contributed by atoms with van der Waals surface area (Å²) in [5.41, 5.74) is 0.336. The molecule has 0 amide bonds. The van der Waals surface area contributed by atoms with Gasteiger partial charge < -0.3 is 9.47 Å². The summed E-state index contributed by atoms with van der Waals surface area (Å²) in [4.78, 5) is -0.0729. The van der Waals surface area contributed by atoms with Crippen molar-refractivity contribution in [3.63, 3.8) is 0 Å². The van der Waals surface area contributed by atoms with Crippen molar-refractivity contribution < 1.29 is 26.3 Å². The fourth-order valence-electron chi connectivity index (χ4n) is 3.20. The van der Waals surface area contributed by atoms with Crippen LogP contribution in [0.4, 0.5) is 5.69 Å². The van der Waals surface area contributed by atoms with E-state index in [4.69, 9.17) is 9.47 Å². The molecule has 0 aromatic heterocycles. The molecule has 2 aliphatic rings. The van der Waals surface area contributed by atoms with E-state index in [0.717, 1.165) is 19.3 Å². The molecule has 0 bridgehead atoms. The Balaban J connectivity index is 1.89. The molecule has 2 aliphatic heterocycles. The van der Waals surface area contributed by atoms with Crippen molar-refractivity contribution in [3.05, 3.63) is 18.2 Å². The zero-order chi connectivity index (χ0) is 18.8. The van der Waals surface area contributed by atoms with Crippen LogP contribution in [-0.2, 0) is 24.8 Å². The lowest BCUT2D eigenvalue weighted by atomic mass is 10.2. The summed E-state index contributed by atoms with van der Waals surface area (Å²) in [5, 5.41) is 0. The summed E-state index contributed by atoms with van der Waals surface area (Å²) in [7, 11) is -5.91. The molecule has 146 valence electrons. The van der Waals surface area contributed by atoms with E-state index >= 15 is 0 Å². The number of rotatable bonds is 6. The highest BCUT2D eigenvalue weighted by Crippen LogP contribution is 2.31. The van der Waals surface area contributed by atoms with Gasteiger partial charge in [-0.1, -0.05) is 0 Å². The highest BCUT2D eigenvalue weighted by Gasteiger charge is 2.29. The van der Waals surface area contributed by atoms with Crippen LogP contribution in [0.5, 0.6) is 5.75 Å². The molecule has 2 saturated heterocycles. The number of anilines is 1. The average molecular weight is 405 g/mol. The van der Waals surface area contributed by atoms with Crippen LogP contribution in [-0.4, -0.2) is 55.5 Å². The minimum Gasteiger partial charge on any atom is -0.495 e. The van der Waals surface area contributed by atoms with E-state index in [1.807, 2.05) is 0 Å². The van der Waals surface area contributed by atoms with E-state index < -0.39 is 20.0 Å². The molecule has 1 atom stereocenters. The molecule has 2 heterocycles. The van der Waals surface area contributed by atoms with E-state index in [1.54, 1.807) is 6.07 Å². The number of benzene rings is 1. The van der Waals surface area contributed by atoms with Crippen LogP contribution >= 0.6 is 0 Å². The Kier molecular flexibility index (Phi) is 5.75. The van der Waals surface area contributed by atoms with Gasteiger partial charge in [-0.25, -0.2) is 21.6 Å². The number of nitrogens with zero attached hydrogens (tertiary/aromatic N) is 1. The Hall–Kier alpha value is -1.36. The summed E-state index contributed by atoms with van der Waals surface area (Å²) < 4.78 is 64.6. The van der Waals surface area contributed by atoms with Crippen molar-refractivity contribution in [3.8, 4) is 5.75 Å². The molecule has 3 rings (SSSR count). The van der Waals surface area contributed by atoms with Gasteiger partial charge in [0.05, 0.1) is 24.7 Å². The molecule has 1 unspecified atom stereocenters. The summed E-state index contributed by atoms with van der Waals surface area (Å²) in [6.45, 7) is 1.16. The smallest absolute Gasteiger partial charge is 0.244 e. The van der Waals surface area contributed by atoms with Crippen LogP contribution in [0.2, 0.25) is 0 Å². The zero-order valence-electron chi connectivity index (χ0n) is 14.7. The Bertz CT molecular complexity index is 847. The molecule has 0 saturated carbocycles. The Labute approximate surface area is 154 Å². The molecular formula is C16H24N2O6S2. The second-order valence-corrected chi connectivity index (χ2v) is 10.2. The van der Waals surface area contributed by atoms with Gasteiger partial charge in [-0.05, 0) is 43.9 Å². The Morgan fingerprint density at radius 1 is 1.31 bits per heavy atom. The first kappa shape index (κ1) is 19.4. The fraction of sp³-hybridized carbons (Fsp3) is 0.625. The molecule has 10 heteroatoms. The maximum absolute atomic E-state index is 12.8. The monoisotopic (exact) mass is 404 g/mol. The van der Waals surface area contributed by atoms with Gasteiger partial charge in [-0.3, -0.25) is 4.31 Å². The quantitative estimate of drug-likeness (QED) is 0.761. The molecule has 2 fully saturated rings. The van der Waals surface area contributed by atoms with Crippen molar-refractivity contribution in [2.24, 2.45) is 0 Å². The maximum Gasteiger partial charge on any atom is 0.244 e. The lowest BCUT2D eigenvalue weighted by Gasteiger charge is -2.28. The van der Waals surface area contributed by atoms with E-state index in [1.165, 1.54) is 23.5 Å². The largest absolute Gasteiger partial charge is 0.495 e. The Morgan fingerprint density at radius 2 is 2.12 bits per heavy atom. The predicted octanol–water partition coefficient (Wildman–Crippen LogP) is 1.08. The number of ether oxygens (including phenoxy) is 2. The lowest BCUT2D eigenvalue weighted by molar-refractivity contribution is 0.114. The fourth-order valence-corrected chi connectivity index (χ4v) is 6.08. The summed E-state index contributed by atoms with van der Waals surface area (Å²) in [5.74, 6) is 0.237. The SMILES string of the molecule is COc1ccc(N2CCCCS2(=O)=O)cc1S(=O)(=O)NCC1CCCO1. The molecular weight excluding hydrogens is 380 g/mol. The van der Waals surface area contributed by atoms with E-state index in [0.29, 0.717) is 25.3 Å². The standard InChI is InChI=1S/C16H24N2O6S2/c1-23-15-7-6-13(18-8-2-3-10-25(18,19)20)11-16(15)26(21,22)17-12-14-5-4-9-24-14/h6-7,11,14,17H,2-5,8-10,12H2,1H3. The van der Waals surface area contributed by atoms with Gasteiger partial charge in [-0.2, -0.15) is 0 Å². The van der Waals surface area contributed by atoms with Crippen LogP contribution in [0.3, 0.4) is 0 Å². The first-order valence-corrected chi connectivity index (χ1v) is 11.7. The van der Waals surface area contributed by atoms with Crippen molar-refractivity contribution in [2.75, 3.05) is 36.9 Å². The first-order valence-electron chi connectivity index (χ1n) is 8.63. The molecule has 0 radical (unpaired) electrons. The normalized spacial score (nSPS) is 23.1. The number of hydrogen-bond donors (Lipinski definition) is 1. The van der Waals surface area contributed by atoms with Crippen LogP contribution in [0.1, 0.15) is 25.7 Å². The van der Waals surface area contributed by atoms with Gasteiger partial charge in [0.2, 0.25) is 20.0 Å². The minimum absolute atomic E-state index is 0.0678. The molecule has 26 heavy (non-hydrogen) atoms. The molecule has 0 aliphatic carbocycles. The van der Waals surface area contributed by atoms with Crippen LogP contribution < -0.4 is 13.8 Å². The maximum atomic E-state index is 12.8. The number of nitrogens with one attached hydrogen (secondary N) is 1. The van der Waals surface area contributed by atoms with Crippen molar-refractivity contribution in [2.45, 2.75) is 36.7 Å². The van der Waals surface area contributed by atoms with Crippen molar-refractivity contribution in [1.82, 2.24) is 4.72 Å². The molecule has 1 aromatic rings. The first-order chi connectivity index (χ1) is 12.3.